The number of likely N-dealkylation sites (tertiary alicyclic amines) is 1. The summed E-state index contributed by atoms with van der Waals surface area (Å²) in [5.41, 5.74) is -0.842. The molecule has 1 aliphatic rings. The standard InChI is InChI=1S/C17H21N3O5S/c1-4-25-16(23)10-6-5-7-20(9-10)14(22)12-8-11-13(21)18(2)17(24)19(3)15(11)26-12/h8,10H,4-7,9H2,1-3H3. The minimum Gasteiger partial charge on any atom is -0.466 e. The fourth-order valence-electron chi connectivity index (χ4n) is 3.24. The number of aromatic nitrogens is 2. The van der Waals surface area contributed by atoms with E-state index in [0.717, 1.165) is 22.3 Å². The summed E-state index contributed by atoms with van der Waals surface area (Å²) in [6, 6.07) is 1.54. The average Bonchev–Trinajstić information content (AvgIpc) is 3.10. The van der Waals surface area contributed by atoms with Gasteiger partial charge < -0.3 is 9.64 Å². The highest BCUT2D eigenvalue weighted by atomic mass is 32.1. The maximum Gasteiger partial charge on any atom is 0.331 e. The lowest BCUT2D eigenvalue weighted by atomic mass is 9.98. The van der Waals surface area contributed by atoms with Crippen LogP contribution in [0.15, 0.2) is 15.7 Å². The predicted molar refractivity (Wildman–Crippen MR) is 97.6 cm³/mol. The van der Waals surface area contributed by atoms with E-state index in [2.05, 4.69) is 0 Å². The number of carbonyl (C=O) groups excluding carboxylic acids is 2. The molecule has 0 radical (unpaired) electrons. The highest BCUT2D eigenvalue weighted by Crippen LogP contribution is 2.26. The van der Waals surface area contributed by atoms with Gasteiger partial charge in [0.1, 0.15) is 4.83 Å². The number of piperidine rings is 1. The summed E-state index contributed by atoms with van der Waals surface area (Å²) in [7, 11) is 2.99. The van der Waals surface area contributed by atoms with Gasteiger partial charge >= 0.3 is 11.7 Å². The van der Waals surface area contributed by atoms with Crippen LogP contribution in [0.25, 0.3) is 10.2 Å². The van der Waals surface area contributed by atoms with Gasteiger partial charge in [-0.2, -0.15) is 0 Å². The van der Waals surface area contributed by atoms with Crippen LogP contribution in [-0.2, 0) is 23.6 Å². The summed E-state index contributed by atoms with van der Waals surface area (Å²) >= 11 is 1.12. The summed E-state index contributed by atoms with van der Waals surface area (Å²) in [6.07, 6.45) is 1.42. The van der Waals surface area contributed by atoms with Gasteiger partial charge in [-0.3, -0.25) is 23.5 Å². The maximum absolute atomic E-state index is 12.9. The molecule has 0 saturated carbocycles. The third-order valence-corrected chi connectivity index (χ3v) is 5.86. The smallest absolute Gasteiger partial charge is 0.331 e. The molecule has 1 saturated heterocycles. The first kappa shape index (κ1) is 18.4. The van der Waals surface area contributed by atoms with Crippen LogP contribution in [0.2, 0.25) is 0 Å². The van der Waals surface area contributed by atoms with Crippen LogP contribution in [0.3, 0.4) is 0 Å². The number of ether oxygens (including phenoxy) is 1. The molecule has 1 atom stereocenters. The number of rotatable bonds is 3. The van der Waals surface area contributed by atoms with Gasteiger partial charge in [-0.25, -0.2) is 4.79 Å². The first-order valence-corrected chi connectivity index (χ1v) is 9.32. The largest absolute Gasteiger partial charge is 0.466 e. The number of esters is 1. The molecule has 3 rings (SSSR count). The van der Waals surface area contributed by atoms with E-state index in [1.807, 2.05) is 0 Å². The van der Waals surface area contributed by atoms with E-state index in [9.17, 15) is 19.2 Å². The predicted octanol–water partition coefficient (Wildman–Crippen LogP) is 0.714. The highest BCUT2D eigenvalue weighted by Gasteiger charge is 2.30. The molecule has 26 heavy (non-hydrogen) atoms. The minimum atomic E-state index is -0.427. The Balaban J connectivity index is 1.92. The summed E-state index contributed by atoms with van der Waals surface area (Å²) in [6.45, 7) is 2.94. The van der Waals surface area contributed by atoms with Crippen molar-refractivity contribution in [2.75, 3.05) is 19.7 Å². The lowest BCUT2D eigenvalue weighted by Gasteiger charge is -2.31. The zero-order valence-corrected chi connectivity index (χ0v) is 15.8. The molecule has 0 N–H and O–H groups in total. The zero-order chi connectivity index (χ0) is 19.0. The normalized spacial score (nSPS) is 17.5. The fraction of sp³-hybridized carbons (Fsp3) is 0.529. The van der Waals surface area contributed by atoms with E-state index in [1.165, 1.54) is 17.7 Å². The molecule has 0 spiro atoms. The van der Waals surface area contributed by atoms with Gasteiger partial charge in [-0.1, -0.05) is 0 Å². The summed E-state index contributed by atoms with van der Waals surface area (Å²) in [5, 5.41) is 0.349. The van der Waals surface area contributed by atoms with E-state index in [0.29, 0.717) is 41.2 Å². The lowest BCUT2D eigenvalue weighted by Crippen LogP contribution is -2.42. The molecule has 9 heteroatoms. The van der Waals surface area contributed by atoms with Gasteiger partial charge in [-0.15, -0.1) is 11.3 Å². The van der Waals surface area contributed by atoms with Crippen molar-refractivity contribution >= 4 is 33.4 Å². The summed E-state index contributed by atoms with van der Waals surface area (Å²) < 4.78 is 7.46. The molecule has 140 valence electrons. The number of hydrogen-bond donors (Lipinski definition) is 0. The zero-order valence-electron chi connectivity index (χ0n) is 15.0. The Morgan fingerprint density at radius 1 is 1.27 bits per heavy atom. The molecule has 0 aromatic carbocycles. The van der Waals surface area contributed by atoms with E-state index < -0.39 is 11.2 Å². The van der Waals surface area contributed by atoms with Crippen LogP contribution in [0.5, 0.6) is 0 Å². The second kappa shape index (κ2) is 7.06. The number of hydrogen-bond acceptors (Lipinski definition) is 6. The number of carbonyl (C=O) groups is 2. The van der Waals surface area contributed by atoms with Crippen molar-refractivity contribution < 1.29 is 14.3 Å². The molecule has 1 unspecified atom stereocenters. The molecule has 0 aliphatic carbocycles. The Labute approximate surface area is 153 Å². The first-order valence-electron chi connectivity index (χ1n) is 8.50. The Hall–Kier alpha value is -2.42. The topological polar surface area (TPSA) is 90.6 Å². The van der Waals surface area contributed by atoms with Crippen LogP contribution < -0.4 is 11.2 Å². The van der Waals surface area contributed by atoms with Crippen molar-refractivity contribution in [3.63, 3.8) is 0 Å². The van der Waals surface area contributed by atoms with Crippen LogP contribution in [0.1, 0.15) is 29.4 Å². The van der Waals surface area contributed by atoms with Crippen LogP contribution in [0, 0.1) is 5.92 Å². The molecular formula is C17H21N3O5S. The van der Waals surface area contributed by atoms with Crippen molar-refractivity contribution in [1.82, 2.24) is 14.0 Å². The Kier molecular flexibility index (Phi) is 4.99. The second-order valence-electron chi connectivity index (χ2n) is 6.38. The van der Waals surface area contributed by atoms with Gasteiger partial charge in [0.15, 0.2) is 0 Å². The van der Waals surface area contributed by atoms with Crippen molar-refractivity contribution in [3.8, 4) is 0 Å². The van der Waals surface area contributed by atoms with E-state index in [1.54, 1.807) is 18.9 Å². The van der Waals surface area contributed by atoms with Crippen LogP contribution in [0.4, 0.5) is 0 Å². The first-order chi connectivity index (χ1) is 12.3. The Bertz CT molecular complexity index is 987. The van der Waals surface area contributed by atoms with Gasteiger partial charge in [0.2, 0.25) is 0 Å². The monoisotopic (exact) mass is 379 g/mol. The second-order valence-corrected chi connectivity index (χ2v) is 7.41. The molecule has 2 aromatic rings. The van der Waals surface area contributed by atoms with E-state index in [4.69, 9.17) is 4.74 Å². The van der Waals surface area contributed by atoms with Crippen LogP contribution in [-0.4, -0.2) is 45.6 Å². The van der Waals surface area contributed by atoms with Crippen molar-refractivity contribution in [2.45, 2.75) is 19.8 Å². The molecule has 1 aliphatic heterocycles. The Morgan fingerprint density at radius 2 is 2.00 bits per heavy atom. The van der Waals surface area contributed by atoms with Crippen molar-refractivity contribution in [1.29, 1.82) is 0 Å². The van der Waals surface area contributed by atoms with Gasteiger partial charge in [0.25, 0.3) is 11.5 Å². The molecule has 1 fully saturated rings. The molecule has 2 aromatic heterocycles. The summed E-state index contributed by atoms with van der Waals surface area (Å²) in [5.74, 6) is -0.827. The molecule has 8 nitrogen and oxygen atoms in total. The molecule has 0 bridgehead atoms. The number of nitrogens with zero attached hydrogens (tertiary/aromatic N) is 3. The highest BCUT2D eigenvalue weighted by molar-refractivity contribution is 7.20. The van der Waals surface area contributed by atoms with Gasteiger partial charge in [0.05, 0.1) is 22.8 Å². The van der Waals surface area contributed by atoms with Gasteiger partial charge in [0, 0.05) is 27.2 Å². The number of amides is 1. The average molecular weight is 379 g/mol. The number of thiophene rings is 1. The lowest BCUT2D eigenvalue weighted by molar-refractivity contribution is -0.149. The van der Waals surface area contributed by atoms with E-state index in [-0.39, 0.29) is 17.8 Å². The van der Waals surface area contributed by atoms with Crippen molar-refractivity contribution in [2.24, 2.45) is 20.0 Å². The third kappa shape index (κ3) is 3.07. The molecule has 1 amide bonds. The Morgan fingerprint density at radius 3 is 2.69 bits per heavy atom. The number of fused-ring (bicyclic) bond motifs is 1. The third-order valence-electron chi connectivity index (χ3n) is 4.67. The van der Waals surface area contributed by atoms with E-state index >= 15 is 0 Å². The molecule has 3 heterocycles. The maximum atomic E-state index is 12.9. The SMILES string of the molecule is CCOC(=O)C1CCCN(C(=O)c2cc3c(=O)n(C)c(=O)n(C)c3s2)C1. The fourth-order valence-corrected chi connectivity index (χ4v) is 4.31. The summed E-state index contributed by atoms with van der Waals surface area (Å²) in [4.78, 5) is 51.7. The quantitative estimate of drug-likeness (QED) is 0.733. The van der Waals surface area contributed by atoms with Crippen molar-refractivity contribution in [3.05, 3.63) is 31.8 Å². The minimum absolute atomic E-state index is 0.227. The molecular weight excluding hydrogens is 358 g/mol. The van der Waals surface area contributed by atoms with Crippen LogP contribution >= 0.6 is 11.3 Å². The van der Waals surface area contributed by atoms with Gasteiger partial charge in [-0.05, 0) is 25.8 Å². The number of aryl methyl sites for hydroxylation is 1.